The van der Waals surface area contributed by atoms with Gasteiger partial charge in [0.2, 0.25) is 0 Å². The number of primary amides is 1. The molecule has 1 aromatic carbocycles. The SMILES string of the molecule is Cc1cc(C)c(NC(=O)c2cc(Cn3cc(C(F)(F)C(F)(F)F)nn3)nn2-c2ncccc2Cl)c(C(N)=O)c1. The van der Waals surface area contributed by atoms with E-state index in [0.29, 0.717) is 16.4 Å². The van der Waals surface area contributed by atoms with Gasteiger partial charge in [-0.05, 0) is 49.2 Å². The quantitative estimate of drug-likeness (QED) is 0.321. The average molecular weight is 569 g/mol. The molecule has 0 saturated heterocycles. The van der Waals surface area contributed by atoms with E-state index < -0.39 is 36.2 Å². The summed E-state index contributed by atoms with van der Waals surface area (Å²) in [5.41, 5.74) is 5.23. The number of benzene rings is 1. The largest absolute Gasteiger partial charge is 0.459 e. The molecule has 0 spiro atoms. The molecule has 0 radical (unpaired) electrons. The lowest BCUT2D eigenvalue weighted by Crippen LogP contribution is -2.34. The van der Waals surface area contributed by atoms with E-state index >= 15 is 0 Å². The molecule has 0 saturated carbocycles. The van der Waals surface area contributed by atoms with Gasteiger partial charge in [-0.1, -0.05) is 22.9 Å². The van der Waals surface area contributed by atoms with Crippen molar-refractivity contribution in [1.29, 1.82) is 0 Å². The van der Waals surface area contributed by atoms with Crippen molar-refractivity contribution in [3.05, 3.63) is 81.5 Å². The van der Waals surface area contributed by atoms with Gasteiger partial charge in [0.15, 0.2) is 11.5 Å². The number of nitrogens with two attached hydrogens (primary N) is 1. The van der Waals surface area contributed by atoms with E-state index in [9.17, 15) is 31.5 Å². The van der Waals surface area contributed by atoms with E-state index in [1.165, 1.54) is 30.5 Å². The van der Waals surface area contributed by atoms with Gasteiger partial charge < -0.3 is 11.1 Å². The average Bonchev–Trinajstić information content (AvgIpc) is 3.48. The minimum absolute atomic E-state index is 0.0180. The third-order valence-corrected chi connectivity index (χ3v) is 5.75. The number of nitrogens with zero attached hydrogens (tertiary/aromatic N) is 6. The first kappa shape index (κ1) is 27.6. The molecule has 204 valence electrons. The molecule has 3 heterocycles. The summed E-state index contributed by atoms with van der Waals surface area (Å²) in [4.78, 5) is 29.5. The van der Waals surface area contributed by atoms with Crippen LogP contribution in [0.2, 0.25) is 5.02 Å². The number of anilines is 1. The van der Waals surface area contributed by atoms with Crippen molar-refractivity contribution in [1.82, 2.24) is 29.8 Å². The molecule has 39 heavy (non-hydrogen) atoms. The summed E-state index contributed by atoms with van der Waals surface area (Å²) < 4.78 is 67.1. The zero-order valence-electron chi connectivity index (χ0n) is 20.1. The number of rotatable bonds is 7. The van der Waals surface area contributed by atoms with E-state index in [0.717, 1.165) is 10.2 Å². The molecule has 3 N–H and O–H groups in total. The van der Waals surface area contributed by atoms with Crippen molar-refractivity contribution in [3.8, 4) is 5.82 Å². The van der Waals surface area contributed by atoms with Gasteiger partial charge in [-0.25, -0.2) is 14.3 Å². The maximum absolute atomic E-state index is 13.6. The van der Waals surface area contributed by atoms with Crippen molar-refractivity contribution in [2.75, 3.05) is 5.32 Å². The normalized spacial score (nSPS) is 12.0. The van der Waals surface area contributed by atoms with Crippen LogP contribution < -0.4 is 11.1 Å². The highest BCUT2D eigenvalue weighted by atomic mass is 35.5. The Hall–Kier alpha value is -4.40. The minimum Gasteiger partial charge on any atom is -0.366 e. The van der Waals surface area contributed by atoms with Crippen LogP contribution in [0.3, 0.4) is 0 Å². The van der Waals surface area contributed by atoms with Crippen molar-refractivity contribution >= 4 is 29.1 Å². The van der Waals surface area contributed by atoms with Crippen molar-refractivity contribution in [3.63, 3.8) is 0 Å². The van der Waals surface area contributed by atoms with Crippen LogP contribution in [-0.2, 0) is 12.5 Å². The van der Waals surface area contributed by atoms with Crippen LogP contribution in [0, 0.1) is 13.8 Å². The number of amides is 2. The van der Waals surface area contributed by atoms with E-state index in [2.05, 4.69) is 25.7 Å². The predicted molar refractivity (Wildman–Crippen MR) is 128 cm³/mol. The number of hydrogen-bond acceptors (Lipinski definition) is 6. The lowest BCUT2D eigenvalue weighted by atomic mass is 10.0. The number of carbonyl (C=O) groups excluding carboxylic acids is 2. The fraction of sp³-hybridized carbons (Fsp3) is 0.217. The third kappa shape index (κ3) is 5.43. The number of carbonyl (C=O) groups is 2. The first-order valence-corrected chi connectivity index (χ1v) is 11.3. The highest BCUT2D eigenvalue weighted by Gasteiger charge is 2.60. The van der Waals surface area contributed by atoms with Gasteiger partial charge in [0.25, 0.3) is 11.8 Å². The number of aromatic nitrogens is 6. The first-order chi connectivity index (χ1) is 18.2. The molecule has 10 nitrogen and oxygen atoms in total. The summed E-state index contributed by atoms with van der Waals surface area (Å²) in [6, 6.07) is 7.46. The Kier molecular flexibility index (Phi) is 7.12. The van der Waals surface area contributed by atoms with Crippen LogP contribution >= 0.6 is 11.6 Å². The highest BCUT2D eigenvalue weighted by molar-refractivity contribution is 6.32. The number of nitrogens with one attached hydrogen (secondary N) is 1. The Balaban J connectivity index is 1.74. The van der Waals surface area contributed by atoms with Crippen LogP contribution in [0.1, 0.15) is 43.4 Å². The van der Waals surface area contributed by atoms with E-state index in [1.807, 2.05) is 0 Å². The molecule has 4 aromatic rings. The summed E-state index contributed by atoms with van der Waals surface area (Å²) in [7, 11) is 0. The number of hydrogen-bond donors (Lipinski definition) is 2. The van der Waals surface area contributed by atoms with Crippen LogP contribution in [0.25, 0.3) is 5.82 Å². The Bertz CT molecular complexity index is 1580. The zero-order valence-corrected chi connectivity index (χ0v) is 20.8. The molecular formula is C23H18ClF5N8O2. The number of alkyl halides is 5. The van der Waals surface area contributed by atoms with Crippen LogP contribution in [0.5, 0.6) is 0 Å². The third-order valence-electron chi connectivity index (χ3n) is 5.46. The Morgan fingerprint density at radius 3 is 2.49 bits per heavy atom. The molecular weight excluding hydrogens is 551 g/mol. The molecule has 0 aliphatic rings. The summed E-state index contributed by atoms with van der Waals surface area (Å²) >= 11 is 6.24. The molecule has 0 aliphatic carbocycles. The minimum atomic E-state index is -5.87. The van der Waals surface area contributed by atoms with Gasteiger partial charge in [0.05, 0.1) is 34.7 Å². The summed E-state index contributed by atoms with van der Waals surface area (Å²) in [6.45, 7) is 2.97. The molecule has 0 atom stereocenters. The highest BCUT2D eigenvalue weighted by Crippen LogP contribution is 2.42. The van der Waals surface area contributed by atoms with Gasteiger partial charge in [-0.2, -0.15) is 27.1 Å². The Labute approximate surface area is 221 Å². The van der Waals surface area contributed by atoms with Gasteiger partial charge in [-0.3, -0.25) is 9.59 Å². The lowest BCUT2D eigenvalue weighted by Gasteiger charge is -2.16. The van der Waals surface area contributed by atoms with Crippen molar-refractivity contribution in [2.45, 2.75) is 32.5 Å². The topological polar surface area (TPSA) is 134 Å². The molecule has 0 bridgehead atoms. The standard InChI is InChI=1S/C23H18ClF5N8O2/c1-11-6-12(2)18(14(7-11)19(30)38)32-21(39)16-8-13(34-37(16)20-15(24)4-3-5-31-20)9-36-10-17(33-35-36)22(25,26)23(27,28)29/h3-8,10H,9H2,1-2H3,(H2,30,38)(H,32,39). The van der Waals surface area contributed by atoms with Crippen molar-refractivity contribution < 1.29 is 31.5 Å². The van der Waals surface area contributed by atoms with Crippen LogP contribution in [-0.4, -0.2) is 47.7 Å². The molecule has 2 amide bonds. The van der Waals surface area contributed by atoms with E-state index in [1.54, 1.807) is 19.9 Å². The molecule has 3 aromatic heterocycles. The number of aryl methyl sites for hydroxylation is 2. The fourth-order valence-electron chi connectivity index (χ4n) is 3.70. The second-order valence-electron chi connectivity index (χ2n) is 8.44. The monoisotopic (exact) mass is 568 g/mol. The number of halogens is 6. The Morgan fingerprint density at radius 1 is 1.13 bits per heavy atom. The molecule has 16 heteroatoms. The maximum Gasteiger partial charge on any atom is 0.459 e. The fourth-order valence-corrected chi connectivity index (χ4v) is 3.90. The van der Waals surface area contributed by atoms with Gasteiger partial charge in [0, 0.05) is 6.20 Å². The molecule has 0 unspecified atom stereocenters. The first-order valence-electron chi connectivity index (χ1n) is 11.0. The smallest absolute Gasteiger partial charge is 0.366 e. The Morgan fingerprint density at radius 2 is 1.85 bits per heavy atom. The van der Waals surface area contributed by atoms with Crippen LogP contribution in [0.15, 0.2) is 42.7 Å². The zero-order chi connectivity index (χ0) is 28.7. The second-order valence-corrected chi connectivity index (χ2v) is 8.85. The summed E-state index contributed by atoms with van der Waals surface area (Å²) in [5.74, 6) is -6.75. The van der Waals surface area contributed by atoms with Crippen LogP contribution in [0.4, 0.5) is 27.6 Å². The maximum atomic E-state index is 13.6. The van der Waals surface area contributed by atoms with Gasteiger partial charge >= 0.3 is 12.1 Å². The summed E-state index contributed by atoms with van der Waals surface area (Å²) in [6.07, 6.45) is -4.06. The predicted octanol–water partition coefficient (Wildman–Crippen LogP) is 4.18. The number of pyridine rings is 1. The summed E-state index contributed by atoms with van der Waals surface area (Å²) in [5, 5.41) is 13.2. The van der Waals surface area contributed by atoms with E-state index in [4.69, 9.17) is 17.3 Å². The molecule has 4 rings (SSSR count). The lowest BCUT2D eigenvalue weighted by molar-refractivity contribution is -0.291. The molecule has 0 aliphatic heterocycles. The van der Waals surface area contributed by atoms with Gasteiger partial charge in [0.1, 0.15) is 5.69 Å². The van der Waals surface area contributed by atoms with Crippen molar-refractivity contribution in [2.24, 2.45) is 5.73 Å². The van der Waals surface area contributed by atoms with Gasteiger partial charge in [-0.15, -0.1) is 5.10 Å². The second kappa shape index (κ2) is 10.1. The molecule has 0 fully saturated rings. The van der Waals surface area contributed by atoms with E-state index in [-0.39, 0.29) is 33.5 Å².